The molecule has 0 radical (unpaired) electrons. The summed E-state index contributed by atoms with van der Waals surface area (Å²) in [5, 5.41) is 20.3. The molecule has 0 amide bonds. The Labute approximate surface area is 98.7 Å². The third-order valence-corrected chi connectivity index (χ3v) is 4.91. The normalized spacial score (nSPS) is 38.9. The molecule has 2 nitrogen and oxygen atoms in total. The van der Waals surface area contributed by atoms with Crippen LogP contribution >= 0.6 is 0 Å². The molecule has 0 atom stereocenters. The minimum Gasteiger partial charge on any atom is -0.388 e. The lowest BCUT2D eigenvalue weighted by atomic mass is 9.58. The highest BCUT2D eigenvalue weighted by atomic mass is 16.3. The fraction of sp³-hybridized carbons (Fsp3) is 0.929. The van der Waals surface area contributed by atoms with Crippen molar-refractivity contribution < 1.29 is 5.11 Å². The monoisotopic (exact) mass is 221 g/mol. The lowest BCUT2D eigenvalue weighted by Crippen LogP contribution is -2.50. The minimum absolute atomic E-state index is 0.431. The van der Waals surface area contributed by atoms with E-state index in [0.29, 0.717) is 0 Å². The predicted octanol–water partition coefficient (Wildman–Crippen LogP) is 3.40. The van der Waals surface area contributed by atoms with E-state index in [-0.39, 0.29) is 0 Å². The van der Waals surface area contributed by atoms with Gasteiger partial charge < -0.3 is 5.11 Å². The summed E-state index contributed by atoms with van der Waals surface area (Å²) in [6, 6.07) is 2.50. The molecule has 1 N–H and O–H groups in total. The highest BCUT2D eigenvalue weighted by Gasteiger charge is 2.51. The molecule has 0 saturated heterocycles. The van der Waals surface area contributed by atoms with Gasteiger partial charge in [-0.25, -0.2) is 0 Å². The van der Waals surface area contributed by atoms with E-state index in [1.165, 1.54) is 6.42 Å². The SMILES string of the molecule is CC1CCC(C#N)(C2(O)CCCCC2)CC1. The van der Waals surface area contributed by atoms with E-state index >= 15 is 0 Å². The van der Waals surface area contributed by atoms with E-state index in [9.17, 15) is 10.4 Å². The Morgan fingerprint density at radius 2 is 1.62 bits per heavy atom. The van der Waals surface area contributed by atoms with Gasteiger partial charge >= 0.3 is 0 Å². The molecule has 2 saturated carbocycles. The summed E-state index contributed by atoms with van der Waals surface area (Å²) >= 11 is 0. The first kappa shape index (κ1) is 11.9. The van der Waals surface area contributed by atoms with E-state index in [2.05, 4.69) is 13.0 Å². The Morgan fingerprint density at radius 3 is 2.12 bits per heavy atom. The molecule has 0 aliphatic heterocycles. The maximum Gasteiger partial charge on any atom is 0.0860 e. The van der Waals surface area contributed by atoms with Crippen LogP contribution in [0.4, 0.5) is 0 Å². The largest absolute Gasteiger partial charge is 0.388 e. The van der Waals surface area contributed by atoms with Gasteiger partial charge in [0.05, 0.1) is 17.1 Å². The third kappa shape index (κ3) is 1.86. The van der Waals surface area contributed by atoms with Crippen LogP contribution < -0.4 is 0 Å². The van der Waals surface area contributed by atoms with Gasteiger partial charge in [0.15, 0.2) is 0 Å². The topological polar surface area (TPSA) is 44.0 Å². The Morgan fingerprint density at radius 1 is 1.06 bits per heavy atom. The maximum absolute atomic E-state index is 10.8. The van der Waals surface area contributed by atoms with Crippen molar-refractivity contribution in [1.82, 2.24) is 0 Å². The third-order valence-electron chi connectivity index (χ3n) is 4.91. The van der Waals surface area contributed by atoms with Gasteiger partial charge in [-0.2, -0.15) is 5.26 Å². The summed E-state index contributed by atoms with van der Waals surface area (Å²) < 4.78 is 0. The van der Waals surface area contributed by atoms with Crippen LogP contribution in [0.25, 0.3) is 0 Å². The molecule has 0 bridgehead atoms. The van der Waals surface area contributed by atoms with E-state index in [1.54, 1.807) is 0 Å². The van der Waals surface area contributed by atoms with E-state index in [4.69, 9.17) is 0 Å². The summed E-state index contributed by atoms with van der Waals surface area (Å²) in [6.07, 6.45) is 9.11. The van der Waals surface area contributed by atoms with Gasteiger partial charge in [-0.1, -0.05) is 26.2 Å². The highest BCUT2D eigenvalue weighted by Crippen LogP contribution is 2.51. The molecule has 0 spiro atoms. The maximum atomic E-state index is 10.8. The molecule has 0 heterocycles. The number of nitriles is 1. The van der Waals surface area contributed by atoms with Crippen molar-refractivity contribution in [3.63, 3.8) is 0 Å². The lowest BCUT2D eigenvalue weighted by molar-refractivity contribution is -0.101. The first-order valence-electron chi connectivity index (χ1n) is 6.76. The Bertz CT molecular complexity index is 278. The summed E-state index contributed by atoms with van der Waals surface area (Å²) in [7, 11) is 0. The van der Waals surface area contributed by atoms with Crippen LogP contribution in [-0.2, 0) is 0 Å². The number of hydrogen-bond donors (Lipinski definition) is 1. The predicted molar refractivity (Wildman–Crippen MR) is 63.7 cm³/mol. The molecule has 2 heteroatoms. The van der Waals surface area contributed by atoms with Crippen molar-refractivity contribution >= 4 is 0 Å². The van der Waals surface area contributed by atoms with Gasteiger partial charge in [0, 0.05) is 0 Å². The Hall–Kier alpha value is -0.550. The van der Waals surface area contributed by atoms with Gasteiger partial charge in [0.25, 0.3) is 0 Å². The van der Waals surface area contributed by atoms with Crippen molar-refractivity contribution in [1.29, 1.82) is 5.26 Å². The smallest absolute Gasteiger partial charge is 0.0860 e. The van der Waals surface area contributed by atoms with Gasteiger partial charge in [-0.15, -0.1) is 0 Å². The van der Waals surface area contributed by atoms with Crippen molar-refractivity contribution in [2.75, 3.05) is 0 Å². The molecular weight excluding hydrogens is 198 g/mol. The Kier molecular flexibility index (Phi) is 3.26. The van der Waals surface area contributed by atoms with Crippen LogP contribution in [0.2, 0.25) is 0 Å². The van der Waals surface area contributed by atoms with Crippen LogP contribution in [0, 0.1) is 22.7 Å². The average molecular weight is 221 g/mol. The highest BCUT2D eigenvalue weighted by molar-refractivity contribution is 5.13. The Balaban J connectivity index is 2.17. The summed E-state index contributed by atoms with van der Waals surface area (Å²) in [6.45, 7) is 2.26. The zero-order chi connectivity index (χ0) is 11.6. The second-order valence-corrected chi connectivity index (χ2v) is 5.97. The average Bonchev–Trinajstić information content (AvgIpc) is 2.31. The van der Waals surface area contributed by atoms with Gasteiger partial charge in [-0.05, 0) is 44.4 Å². The fourth-order valence-electron chi connectivity index (χ4n) is 3.55. The summed E-state index contributed by atoms with van der Waals surface area (Å²) in [4.78, 5) is 0. The first-order valence-corrected chi connectivity index (χ1v) is 6.76. The molecular formula is C14H23NO. The van der Waals surface area contributed by atoms with Crippen molar-refractivity contribution in [2.45, 2.75) is 70.3 Å². The van der Waals surface area contributed by atoms with Crippen molar-refractivity contribution in [3.05, 3.63) is 0 Å². The zero-order valence-corrected chi connectivity index (χ0v) is 10.3. The van der Waals surface area contributed by atoms with Crippen LogP contribution in [0.5, 0.6) is 0 Å². The standard InChI is InChI=1S/C14H23NO/c1-12-5-9-13(11-15,10-6-12)14(16)7-3-2-4-8-14/h12,16H,2-10H2,1H3. The summed E-state index contributed by atoms with van der Waals surface area (Å²) in [5.74, 6) is 0.730. The second-order valence-electron chi connectivity index (χ2n) is 5.97. The molecule has 2 aliphatic carbocycles. The molecule has 90 valence electrons. The molecule has 0 aromatic heterocycles. The number of aliphatic hydroxyl groups is 1. The van der Waals surface area contributed by atoms with Gasteiger partial charge in [0.1, 0.15) is 0 Å². The van der Waals surface area contributed by atoms with Crippen LogP contribution in [0.15, 0.2) is 0 Å². The molecule has 2 rings (SSSR count). The number of rotatable bonds is 1. The number of nitrogens with zero attached hydrogens (tertiary/aromatic N) is 1. The zero-order valence-electron chi connectivity index (χ0n) is 10.3. The van der Waals surface area contributed by atoms with E-state index in [1.807, 2.05) is 0 Å². The molecule has 2 fully saturated rings. The van der Waals surface area contributed by atoms with E-state index < -0.39 is 11.0 Å². The first-order chi connectivity index (χ1) is 7.62. The molecule has 16 heavy (non-hydrogen) atoms. The van der Waals surface area contributed by atoms with Gasteiger partial charge in [-0.3, -0.25) is 0 Å². The van der Waals surface area contributed by atoms with E-state index in [0.717, 1.165) is 57.3 Å². The van der Waals surface area contributed by atoms with Crippen LogP contribution in [0.1, 0.15) is 64.7 Å². The van der Waals surface area contributed by atoms with Crippen molar-refractivity contribution in [2.24, 2.45) is 11.3 Å². The minimum atomic E-state index is -0.680. The van der Waals surface area contributed by atoms with Crippen LogP contribution in [0.3, 0.4) is 0 Å². The second kappa shape index (κ2) is 4.37. The van der Waals surface area contributed by atoms with Gasteiger partial charge in [0.2, 0.25) is 0 Å². The molecule has 0 aromatic rings. The molecule has 2 aliphatic rings. The van der Waals surface area contributed by atoms with Crippen molar-refractivity contribution in [3.8, 4) is 6.07 Å². The quantitative estimate of drug-likeness (QED) is 0.737. The molecule has 0 unspecified atom stereocenters. The van der Waals surface area contributed by atoms with Crippen LogP contribution in [-0.4, -0.2) is 10.7 Å². The molecule has 0 aromatic carbocycles. The summed E-state index contributed by atoms with van der Waals surface area (Å²) in [5.41, 5.74) is -1.11. The number of hydrogen-bond acceptors (Lipinski definition) is 2. The lowest BCUT2D eigenvalue weighted by Gasteiger charge is -2.48. The fourth-order valence-corrected chi connectivity index (χ4v) is 3.55.